The van der Waals surface area contributed by atoms with Crippen LogP contribution in [0, 0.1) is 11.6 Å². The van der Waals surface area contributed by atoms with E-state index in [1.54, 1.807) is 67.7 Å². The van der Waals surface area contributed by atoms with Crippen LogP contribution in [0.25, 0.3) is 27.6 Å². The Bertz CT molecular complexity index is 2350. The van der Waals surface area contributed by atoms with Crippen molar-refractivity contribution in [1.82, 2.24) is 20.4 Å². The number of benzene rings is 4. The fraction of sp³-hybridized carbons (Fsp3) is 0.139. The highest BCUT2D eigenvalue weighted by Crippen LogP contribution is 2.42. The van der Waals surface area contributed by atoms with Crippen molar-refractivity contribution in [3.8, 4) is 28.3 Å². The molecule has 52 heavy (non-hydrogen) atoms. The second-order valence-electron chi connectivity index (χ2n) is 11.3. The lowest BCUT2D eigenvalue weighted by Gasteiger charge is -2.20. The van der Waals surface area contributed by atoms with Crippen molar-refractivity contribution in [2.75, 3.05) is 26.1 Å². The standard InChI is InChI=1S/C36H30F2N6O7S/c1-49-31-5-4-6-32(50-2)33(31)26-12-7-21(27-18-39-14-13-25(26)27)15-30(36(46)51-3)42-35(45)34-28(37)16-22(17-29(34)38)43-52(47,48)24-10-8-23(9-11-24)44-20-40-19-41-44/h4-14,16-20,30H,15H2,1-3H3,(H2,42,43,45)/p+1/t30-/m1/s1. The van der Waals surface area contributed by atoms with E-state index >= 15 is 8.78 Å². The normalized spacial score (nSPS) is 11.9. The largest absolute Gasteiger partial charge is 0.496 e. The summed E-state index contributed by atoms with van der Waals surface area (Å²) in [6.45, 7) is 0. The number of sulfonamides is 1. The highest BCUT2D eigenvalue weighted by molar-refractivity contribution is 7.92. The minimum atomic E-state index is -4.28. The van der Waals surface area contributed by atoms with Crippen LogP contribution in [0.1, 0.15) is 15.9 Å². The van der Waals surface area contributed by atoms with Crippen LogP contribution in [0.2, 0.25) is 0 Å². The second-order valence-corrected chi connectivity index (χ2v) is 13.0. The van der Waals surface area contributed by atoms with Crippen molar-refractivity contribution in [3.63, 3.8) is 0 Å². The zero-order valence-corrected chi connectivity index (χ0v) is 28.7. The second kappa shape index (κ2) is 14.8. The number of esters is 1. The highest BCUT2D eigenvalue weighted by atomic mass is 32.2. The van der Waals surface area contributed by atoms with E-state index in [-0.39, 0.29) is 11.3 Å². The summed E-state index contributed by atoms with van der Waals surface area (Å²) in [5, 5.41) is 6.55. The summed E-state index contributed by atoms with van der Waals surface area (Å²) in [6, 6.07) is 16.3. The molecule has 0 bridgehead atoms. The predicted molar refractivity (Wildman–Crippen MR) is 185 cm³/mol. The number of halogens is 2. The van der Waals surface area contributed by atoms with Gasteiger partial charge in [-0.1, -0.05) is 18.2 Å². The van der Waals surface area contributed by atoms with Crippen molar-refractivity contribution < 1.29 is 45.7 Å². The molecule has 0 aliphatic carbocycles. The van der Waals surface area contributed by atoms with E-state index < -0.39 is 50.8 Å². The van der Waals surface area contributed by atoms with Crippen LogP contribution in [-0.2, 0) is 26.0 Å². The molecule has 6 rings (SSSR count). The van der Waals surface area contributed by atoms with Gasteiger partial charge in [-0.15, -0.1) is 4.68 Å². The number of carbonyl (C=O) groups is 2. The van der Waals surface area contributed by atoms with Crippen molar-refractivity contribution in [2.24, 2.45) is 0 Å². The zero-order valence-electron chi connectivity index (χ0n) is 27.9. The van der Waals surface area contributed by atoms with Gasteiger partial charge in [0.15, 0.2) is 5.69 Å². The molecular formula is C36H31F2N6O7S+. The quantitative estimate of drug-likeness (QED) is 0.121. The summed E-state index contributed by atoms with van der Waals surface area (Å²) in [6.07, 6.45) is 5.98. The van der Waals surface area contributed by atoms with Gasteiger partial charge in [-0.2, -0.15) is 5.10 Å². The number of rotatable bonds is 12. The maximum atomic E-state index is 15.4. The SMILES string of the molecule is COC(=O)[C@@H](Cc1ccc(-c2c(OC)cccc2OC)c2ccncc12)NC(=O)c1c(F)cc(NS(=O)(=O)c2ccc(-[n+]3cnc[nH]3)cc2)cc1F. The van der Waals surface area contributed by atoms with Crippen LogP contribution in [-0.4, -0.2) is 62.7 Å². The monoisotopic (exact) mass is 729 g/mol. The number of amides is 1. The number of carbonyl (C=O) groups excluding carboxylic acids is 2. The molecule has 0 saturated heterocycles. The molecule has 0 aliphatic heterocycles. The Kier molecular flexibility index (Phi) is 10.1. The van der Waals surface area contributed by atoms with Crippen molar-refractivity contribution in [3.05, 3.63) is 121 Å². The summed E-state index contributed by atoms with van der Waals surface area (Å²) < 4.78 is 76.5. The first-order valence-electron chi connectivity index (χ1n) is 15.5. The molecule has 0 fully saturated rings. The van der Waals surface area contributed by atoms with Crippen LogP contribution in [0.3, 0.4) is 0 Å². The number of pyridine rings is 1. The van der Waals surface area contributed by atoms with Crippen LogP contribution >= 0.6 is 0 Å². The molecule has 266 valence electrons. The molecule has 2 heterocycles. The Morgan fingerprint density at radius 2 is 1.60 bits per heavy atom. The number of methoxy groups -OCH3 is 3. The maximum absolute atomic E-state index is 15.4. The van der Waals surface area contributed by atoms with Gasteiger partial charge in [-0.25, -0.2) is 22.0 Å². The molecule has 0 spiro atoms. The summed E-state index contributed by atoms with van der Waals surface area (Å²) in [4.78, 5) is 34.2. The zero-order chi connectivity index (χ0) is 37.0. The molecule has 13 nitrogen and oxygen atoms in total. The van der Waals surface area contributed by atoms with Gasteiger partial charge < -0.3 is 19.5 Å². The molecule has 2 aromatic heterocycles. The summed E-state index contributed by atoms with van der Waals surface area (Å²) in [5.41, 5.74) is 1.10. The Morgan fingerprint density at radius 3 is 2.21 bits per heavy atom. The number of H-pyrrole nitrogens is 1. The van der Waals surface area contributed by atoms with Gasteiger partial charge in [0.2, 0.25) is 6.33 Å². The molecule has 1 atom stereocenters. The molecule has 16 heteroatoms. The van der Waals surface area contributed by atoms with E-state index in [9.17, 15) is 18.0 Å². The van der Waals surface area contributed by atoms with E-state index in [0.717, 1.165) is 18.1 Å². The van der Waals surface area contributed by atoms with E-state index in [1.165, 1.54) is 36.9 Å². The summed E-state index contributed by atoms with van der Waals surface area (Å²) >= 11 is 0. The molecule has 4 aromatic carbocycles. The minimum absolute atomic E-state index is 0.136. The predicted octanol–water partition coefficient (Wildman–Crippen LogP) is 4.51. The van der Waals surface area contributed by atoms with Gasteiger partial charge in [0, 0.05) is 24.2 Å². The van der Waals surface area contributed by atoms with Crippen molar-refractivity contribution in [2.45, 2.75) is 17.4 Å². The number of nitrogens with zero attached hydrogens (tertiary/aromatic N) is 3. The molecule has 1 amide bonds. The Labute approximate surface area is 296 Å². The number of aromatic amines is 1. The summed E-state index contributed by atoms with van der Waals surface area (Å²) in [5.74, 6) is -3.74. The number of hydrogen-bond donors (Lipinski definition) is 3. The number of anilines is 1. The number of hydrogen-bond acceptors (Lipinski definition) is 9. The van der Waals surface area contributed by atoms with E-state index in [1.807, 2.05) is 0 Å². The first-order valence-corrected chi connectivity index (χ1v) is 17.0. The molecule has 6 aromatic rings. The van der Waals surface area contributed by atoms with Gasteiger partial charge in [0.1, 0.15) is 34.7 Å². The number of aromatic nitrogens is 4. The third-order valence-corrected chi connectivity index (χ3v) is 9.62. The topological polar surface area (TPSA) is 165 Å². The van der Waals surface area contributed by atoms with Crippen LogP contribution < -0.4 is 24.2 Å². The molecule has 0 unspecified atom stereocenters. The van der Waals surface area contributed by atoms with Crippen LogP contribution in [0.5, 0.6) is 11.5 Å². The summed E-state index contributed by atoms with van der Waals surface area (Å²) in [7, 11) is -0.0803. The van der Waals surface area contributed by atoms with Gasteiger partial charge in [0.25, 0.3) is 15.9 Å². The molecule has 3 N–H and O–H groups in total. The van der Waals surface area contributed by atoms with Crippen LogP contribution in [0.4, 0.5) is 14.5 Å². The van der Waals surface area contributed by atoms with Crippen molar-refractivity contribution >= 4 is 38.4 Å². The molecule has 0 aliphatic rings. The maximum Gasteiger partial charge on any atom is 0.328 e. The van der Waals surface area contributed by atoms with Gasteiger partial charge in [0.05, 0.1) is 37.5 Å². The average molecular weight is 730 g/mol. The third kappa shape index (κ3) is 7.09. The number of nitrogens with one attached hydrogen (secondary N) is 3. The lowest BCUT2D eigenvalue weighted by atomic mass is 9.92. The number of fused-ring (bicyclic) bond motifs is 1. The molecule has 0 radical (unpaired) electrons. The molecular weight excluding hydrogens is 698 g/mol. The minimum Gasteiger partial charge on any atom is -0.496 e. The first kappa shape index (κ1) is 35.4. The fourth-order valence-corrected chi connectivity index (χ4v) is 6.81. The number of ether oxygens (including phenoxy) is 3. The van der Waals surface area contributed by atoms with Gasteiger partial charge >= 0.3 is 12.3 Å². The smallest absolute Gasteiger partial charge is 0.328 e. The van der Waals surface area contributed by atoms with E-state index in [0.29, 0.717) is 45.8 Å². The lowest BCUT2D eigenvalue weighted by Crippen LogP contribution is -2.43. The third-order valence-electron chi connectivity index (χ3n) is 8.22. The van der Waals surface area contributed by atoms with E-state index in [4.69, 9.17) is 14.2 Å². The fourth-order valence-electron chi connectivity index (χ4n) is 5.77. The van der Waals surface area contributed by atoms with Gasteiger partial charge in [-0.05, 0) is 76.1 Å². The van der Waals surface area contributed by atoms with E-state index in [2.05, 4.69) is 25.1 Å². The van der Waals surface area contributed by atoms with Gasteiger partial charge in [-0.3, -0.25) is 14.5 Å². The molecule has 0 saturated carbocycles. The van der Waals surface area contributed by atoms with Crippen molar-refractivity contribution in [1.29, 1.82) is 0 Å². The Morgan fingerprint density at radius 1 is 0.904 bits per heavy atom. The first-order chi connectivity index (χ1) is 25.0. The Hall–Kier alpha value is -6.42. The average Bonchev–Trinajstić information content (AvgIpc) is 3.69. The Balaban J connectivity index is 1.25. The highest BCUT2D eigenvalue weighted by Gasteiger charge is 2.28. The van der Waals surface area contributed by atoms with Crippen LogP contribution in [0.15, 0.2) is 103 Å². The lowest BCUT2D eigenvalue weighted by molar-refractivity contribution is -0.656.